The lowest BCUT2D eigenvalue weighted by molar-refractivity contribution is 0.218. The Morgan fingerprint density at radius 1 is 0.737 bits per heavy atom. The maximum Gasteiger partial charge on any atom is 0.668 e. The van der Waals surface area contributed by atoms with Crippen molar-refractivity contribution in [3.05, 3.63) is 143 Å². The third-order valence-electron chi connectivity index (χ3n) is 5.58. The fourth-order valence-corrected chi connectivity index (χ4v) is 5.02. The zero-order chi connectivity index (χ0) is 26.4. The van der Waals surface area contributed by atoms with Gasteiger partial charge < -0.3 is 9.05 Å². The second-order valence-electron chi connectivity index (χ2n) is 8.10. The van der Waals surface area contributed by atoms with E-state index in [1.54, 1.807) is 84.9 Å². The molecule has 1 aliphatic rings. The van der Waals surface area contributed by atoms with Crippen LogP contribution in [0.4, 0.5) is 0 Å². The molecule has 38 heavy (non-hydrogen) atoms. The fraction of sp³-hybridized carbons (Fsp3) is 0. The van der Waals surface area contributed by atoms with Crippen molar-refractivity contribution < 1.29 is 18.2 Å². The van der Waals surface area contributed by atoms with Crippen LogP contribution in [0, 0.1) is 11.3 Å². The Labute approximate surface area is 225 Å². The Bertz CT molecular complexity index is 1580. The van der Waals surface area contributed by atoms with Gasteiger partial charge in [0.25, 0.3) is 0 Å². The topological polar surface area (TPSA) is 80.9 Å². The van der Waals surface area contributed by atoms with Crippen molar-refractivity contribution >= 4 is 36.3 Å². The molecule has 4 aromatic carbocycles. The molecule has 0 N–H and O–H groups in total. The Morgan fingerprint density at radius 2 is 1.29 bits per heavy atom. The smallest absolute Gasteiger partial charge is 0.385 e. The van der Waals surface area contributed by atoms with Crippen LogP contribution in [0.25, 0.3) is 11.1 Å². The summed E-state index contributed by atoms with van der Waals surface area (Å²) >= 11 is 6.03. The number of phosphoric ester groups is 1. The number of para-hydroxylation sites is 2. The molecule has 0 saturated heterocycles. The van der Waals surface area contributed by atoms with E-state index in [0.717, 1.165) is 11.1 Å². The van der Waals surface area contributed by atoms with Crippen LogP contribution in [-0.4, -0.2) is 5.71 Å². The lowest BCUT2D eigenvalue weighted by atomic mass is 9.87. The van der Waals surface area contributed by atoms with Crippen molar-refractivity contribution in [3.8, 4) is 17.6 Å². The molecule has 0 saturated carbocycles. The highest BCUT2D eigenvalue weighted by atomic mass is 35.5. The molecule has 186 valence electrons. The molecule has 0 aromatic heterocycles. The van der Waals surface area contributed by atoms with E-state index in [1.807, 2.05) is 36.4 Å². The van der Waals surface area contributed by atoms with E-state index < -0.39 is 7.82 Å². The van der Waals surface area contributed by atoms with Crippen LogP contribution < -0.4 is 9.05 Å². The zero-order valence-corrected chi connectivity index (χ0v) is 21.5. The lowest BCUT2D eigenvalue weighted by Gasteiger charge is -2.19. The average molecular weight is 539 g/mol. The molecular weight excluding hydrogens is 519 g/mol. The minimum Gasteiger partial charge on any atom is -0.385 e. The molecule has 0 radical (unpaired) electrons. The van der Waals surface area contributed by atoms with Crippen molar-refractivity contribution in [2.24, 2.45) is 5.16 Å². The predicted octanol–water partition coefficient (Wildman–Crippen LogP) is 8.33. The van der Waals surface area contributed by atoms with Crippen molar-refractivity contribution in [3.63, 3.8) is 0 Å². The van der Waals surface area contributed by atoms with Gasteiger partial charge in [-0.2, -0.15) is 9.83 Å². The standard InChI is InChI=1S/C30H20ClN2O4P/c31-23-17-15-22(16-18-23)29(21-32)27-19-20-30(28-14-8-7-13-26(27)28)33-37-38(34,35-24-9-3-1-4-10-24)36-25-11-5-2-6-12-25/h1-20H/b29-27+,33-30-. The van der Waals surface area contributed by atoms with Crippen LogP contribution in [0.15, 0.2) is 127 Å². The van der Waals surface area contributed by atoms with E-state index in [2.05, 4.69) is 11.2 Å². The van der Waals surface area contributed by atoms with E-state index >= 15 is 0 Å². The summed E-state index contributed by atoms with van der Waals surface area (Å²) in [5.41, 5.74) is 3.79. The van der Waals surface area contributed by atoms with Gasteiger partial charge in [0, 0.05) is 16.2 Å². The third kappa shape index (κ3) is 5.71. The van der Waals surface area contributed by atoms with E-state index in [-0.39, 0.29) is 0 Å². The van der Waals surface area contributed by atoms with Crippen LogP contribution in [0.2, 0.25) is 5.02 Å². The zero-order valence-electron chi connectivity index (χ0n) is 19.9. The van der Waals surface area contributed by atoms with Crippen LogP contribution in [0.3, 0.4) is 0 Å². The number of nitrogens with zero attached hydrogens (tertiary/aromatic N) is 2. The minimum atomic E-state index is -4.23. The molecule has 0 amide bonds. The number of hydrogen-bond donors (Lipinski definition) is 0. The second-order valence-corrected chi connectivity index (χ2v) is 9.96. The Hall–Kier alpha value is -4.56. The molecule has 0 heterocycles. The molecule has 0 unspecified atom stereocenters. The number of hydrogen-bond acceptors (Lipinski definition) is 6. The highest BCUT2D eigenvalue weighted by Crippen LogP contribution is 2.50. The maximum absolute atomic E-state index is 13.7. The number of oxime groups is 1. The quantitative estimate of drug-likeness (QED) is 0.134. The van der Waals surface area contributed by atoms with Crippen LogP contribution >= 0.6 is 19.4 Å². The number of halogens is 1. The molecule has 0 bridgehead atoms. The number of fused-ring (bicyclic) bond motifs is 1. The Balaban J connectivity index is 1.51. The van der Waals surface area contributed by atoms with Crippen molar-refractivity contribution in [1.82, 2.24) is 0 Å². The highest BCUT2D eigenvalue weighted by molar-refractivity contribution is 7.49. The first-order valence-electron chi connectivity index (χ1n) is 11.6. The van der Waals surface area contributed by atoms with Gasteiger partial charge in [0.15, 0.2) is 0 Å². The molecule has 5 rings (SSSR count). The van der Waals surface area contributed by atoms with Gasteiger partial charge in [-0.25, -0.2) is 0 Å². The molecular formula is C30H20ClN2O4P. The van der Waals surface area contributed by atoms with Crippen LogP contribution in [0.5, 0.6) is 11.5 Å². The average Bonchev–Trinajstić information content (AvgIpc) is 2.95. The van der Waals surface area contributed by atoms with E-state index in [9.17, 15) is 9.83 Å². The summed E-state index contributed by atoms with van der Waals surface area (Å²) in [6, 6.07) is 34.0. The Morgan fingerprint density at radius 3 is 1.87 bits per heavy atom. The van der Waals surface area contributed by atoms with Crippen molar-refractivity contribution in [2.45, 2.75) is 0 Å². The SMILES string of the molecule is N#C/C(=C1C=C/C(=N/OP(=O)(Oc2ccccc2)Oc2ccccc2)c2ccccc2/1)c1ccc(Cl)cc1. The molecule has 0 fully saturated rings. The third-order valence-corrected chi connectivity index (χ3v) is 6.98. The van der Waals surface area contributed by atoms with Gasteiger partial charge in [-0.3, -0.25) is 4.62 Å². The summed E-state index contributed by atoms with van der Waals surface area (Å²) in [7, 11) is -4.23. The predicted molar refractivity (Wildman–Crippen MR) is 149 cm³/mol. The normalized spacial score (nSPS) is 14.8. The van der Waals surface area contributed by atoms with Gasteiger partial charge in [-0.15, -0.1) is 0 Å². The molecule has 4 aromatic rings. The molecule has 0 spiro atoms. The molecule has 8 heteroatoms. The first-order valence-corrected chi connectivity index (χ1v) is 13.4. The number of rotatable bonds is 7. The van der Waals surface area contributed by atoms with E-state index in [4.69, 9.17) is 25.3 Å². The number of phosphoric acid groups is 1. The molecule has 0 aliphatic heterocycles. The fourth-order valence-electron chi connectivity index (χ4n) is 3.84. The van der Waals surface area contributed by atoms with Gasteiger partial charge >= 0.3 is 7.82 Å². The summed E-state index contributed by atoms with van der Waals surface area (Å²) in [6.07, 6.45) is 3.47. The maximum atomic E-state index is 13.7. The van der Waals surface area contributed by atoms with Gasteiger partial charge in [0.05, 0.1) is 5.57 Å². The summed E-state index contributed by atoms with van der Waals surface area (Å²) in [6.45, 7) is 0. The van der Waals surface area contributed by atoms with Crippen molar-refractivity contribution in [2.75, 3.05) is 0 Å². The largest absolute Gasteiger partial charge is 0.668 e. The van der Waals surface area contributed by atoms with E-state index in [0.29, 0.717) is 38.9 Å². The van der Waals surface area contributed by atoms with E-state index in [1.165, 1.54) is 0 Å². The first-order chi connectivity index (χ1) is 18.5. The first kappa shape index (κ1) is 25.1. The van der Waals surface area contributed by atoms with Crippen LogP contribution in [-0.2, 0) is 9.19 Å². The van der Waals surface area contributed by atoms with Gasteiger partial charge in [0.1, 0.15) is 23.3 Å². The van der Waals surface area contributed by atoms with Gasteiger partial charge in [-0.1, -0.05) is 95.6 Å². The van der Waals surface area contributed by atoms with Crippen molar-refractivity contribution in [1.29, 1.82) is 5.26 Å². The Kier molecular flexibility index (Phi) is 7.42. The highest BCUT2D eigenvalue weighted by Gasteiger charge is 2.34. The van der Waals surface area contributed by atoms with Crippen LogP contribution in [0.1, 0.15) is 16.7 Å². The second kappa shape index (κ2) is 11.2. The number of benzene rings is 4. The molecule has 0 atom stereocenters. The summed E-state index contributed by atoms with van der Waals surface area (Å²) in [5.74, 6) is 0.608. The number of nitriles is 1. The summed E-state index contributed by atoms with van der Waals surface area (Å²) in [5, 5.41) is 14.8. The summed E-state index contributed by atoms with van der Waals surface area (Å²) in [4.78, 5) is 0. The molecule has 6 nitrogen and oxygen atoms in total. The summed E-state index contributed by atoms with van der Waals surface area (Å²) < 4.78 is 30.5. The lowest BCUT2D eigenvalue weighted by Crippen LogP contribution is -2.09. The minimum absolute atomic E-state index is 0.304. The van der Waals surface area contributed by atoms with Gasteiger partial charge in [-0.05, 0) is 53.6 Å². The molecule has 1 aliphatic carbocycles. The number of allylic oxidation sites excluding steroid dienone is 4. The van der Waals surface area contributed by atoms with Gasteiger partial charge in [0.2, 0.25) is 0 Å². The monoisotopic (exact) mass is 538 g/mol.